The maximum atomic E-state index is 14.3. The van der Waals surface area contributed by atoms with Crippen LogP contribution in [-0.4, -0.2) is 29.2 Å². The van der Waals surface area contributed by atoms with Gasteiger partial charge in [0.2, 0.25) is 5.91 Å². The summed E-state index contributed by atoms with van der Waals surface area (Å²) in [5, 5.41) is 2.14. The van der Waals surface area contributed by atoms with Crippen LogP contribution in [0, 0.1) is 0 Å². The van der Waals surface area contributed by atoms with Gasteiger partial charge in [-0.2, -0.15) is 18.2 Å². The second kappa shape index (κ2) is 7.62. The van der Waals surface area contributed by atoms with Crippen LogP contribution >= 0.6 is 0 Å². The van der Waals surface area contributed by atoms with E-state index < -0.39 is 23.7 Å². The fraction of sp³-hybridized carbons (Fsp3) is 0.476. The van der Waals surface area contributed by atoms with Gasteiger partial charge in [-0.05, 0) is 37.3 Å². The van der Waals surface area contributed by atoms with Crippen molar-refractivity contribution < 1.29 is 22.7 Å². The Balaban J connectivity index is 2.17. The molecule has 152 valence electrons. The van der Waals surface area contributed by atoms with Gasteiger partial charge in [0.15, 0.2) is 6.04 Å². The van der Waals surface area contributed by atoms with Crippen LogP contribution in [0.5, 0.6) is 5.75 Å². The molecule has 1 aliphatic heterocycles. The normalized spacial score (nSPS) is 18.3. The molecule has 1 saturated heterocycles. The Kier molecular flexibility index (Phi) is 5.57. The van der Waals surface area contributed by atoms with E-state index in [0.29, 0.717) is 23.1 Å². The van der Waals surface area contributed by atoms with Crippen molar-refractivity contribution in [1.82, 2.24) is 10.4 Å². The van der Waals surface area contributed by atoms with Gasteiger partial charge in [-0.25, -0.2) is 0 Å². The summed E-state index contributed by atoms with van der Waals surface area (Å²) >= 11 is 0. The average molecular weight is 394 g/mol. The van der Waals surface area contributed by atoms with E-state index in [2.05, 4.69) is 5.43 Å². The number of hydrogen-bond acceptors (Lipinski definition) is 3. The van der Waals surface area contributed by atoms with Gasteiger partial charge in [-0.3, -0.25) is 10.2 Å². The van der Waals surface area contributed by atoms with Gasteiger partial charge in [-0.1, -0.05) is 43.7 Å². The molecule has 0 aliphatic carbocycles. The highest BCUT2D eigenvalue weighted by atomic mass is 19.4. The molecule has 0 saturated carbocycles. The van der Waals surface area contributed by atoms with Crippen molar-refractivity contribution >= 4 is 16.7 Å². The van der Waals surface area contributed by atoms with E-state index in [0.717, 1.165) is 17.9 Å². The number of ether oxygens (including phenoxy) is 1. The van der Waals surface area contributed by atoms with E-state index in [1.807, 2.05) is 6.92 Å². The topological polar surface area (TPSA) is 41.6 Å². The number of benzene rings is 2. The van der Waals surface area contributed by atoms with E-state index in [1.165, 1.54) is 6.07 Å². The molecule has 0 spiro atoms. The number of carbonyl (C=O) groups is 1. The number of hydrazine groups is 1. The summed E-state index contributed by atoms with van der Waals surface area (Å²) in [5.74, 6) is 0.0121. The molecular formula is C21H25F3N2O2. The maximum Gasteiger partial charge on any atom is 0.409 e. The van der Waals surface area contributed by atoms with Crippen molar-refractivity contribution in [3.05, 3.63) is 42.0 Å². The Morgan fingerprint density at radius 3 is 2.46 bits per heavy atom. The van der Waals surface area contributed by atoms with Crippen LogP contribution in [-0.2, 0) is 4.79 Å². The first-order valence-corrected chi connectivity index (χ1v) is 9.45. The third kappa shape index (κ3) is 3.94. The van der Waals surface area contributed by atoms with Gasteiger partial charge in [-0.15, -0.1) is 0 Å². The number of carbonyl (C=O) groups excluding carboxylic acids is 1. The number of unbranched alkanes of at least 4 members (excludes halogenated alkanes) is 1. The number of rotatable bonds is 6. The zero-order chi connectivity index (χ0) is 20.5. The number of alkyl halides is 3. The lowest BCUT2D eigenvalue weighted by Crippen LogP contribution is -2.51. The second-order valence-electron chi connectivity index (χ2n) is 7.74. The van der Waals surface area contributed by atoms with E-state index in [9.17, 15) is 18.0 Å². The highest BCUT2D eigenvalue weighted by Crippen LogP contribution is 2.46. The molecule has 2 aromatic carbocycles. The van der Waals surface area contributed by atoms with Gasteiger partial charge in [0, 0.05) is 17.3 Å². The SMILES string of the molecule is CCCCOc1cccc2cccc(C(N3NC(=O)CC3(C)C)C(F)(F)F)c12. The Hall–Kier alpha value is -2.28. The maximum absolute atomic E-state index is 14.3. The van der Waals surface area contributed by atoms with E-state index >= 15 is 0 Å². The largest absolute Gasteiger partial charge is 0.493 e. The molecule has 0 bridgehead atoms. The summed E-state index contributed by atoms with van der Waals surface area (Å²) in [5.41, 5.74) is 1.52. The van der Waals surface area contributed by atoms with Gasteiger partial charge < -0.3 is 4.74 Å². The lowest BCUT2D eigenvalue weighted by Gasteiger charge is -2.38. The predicted molar refractivity (Wildman–Crippen MR) is 102 cm³/mol. The van der Waals surface area contributed by atoms with Crippen molar-refractivity contribution in [3.63, 3.8) is 0 Å². The monoisotopic (exact) mass is 394 g/mol. The molecule has 4 nitrogen and oxygen atoms in total. The molecule has 1 amide bonds. The smallest absolute Gasteiger partial charge is 0.409 e. The summed E-state index contributed by atoms with van der Waals surface area (Å²) in [4.78, 5) is 11.9. The van der Waals surface area contributed by atoms with Crippen LogP contribution in [0.25, 0.3) is 10.8 Å². The van der Waals surface area contributed by atoms with Gasteiger partial charge in [0.25, 0.3) is 0 Å². The van der Waals surface area contributed by atoms with E-state index in [4.69, 9.17) is 4.74 Å². The van der Waals surface area contributed by atoms with Crippen molar-refractivity contribution in [2.75, 3.05) is 6.61 Å². The molecule has 1 atom stereocenters. The van der Waals surface area contributed by atoms with E-state index in [-0.39, 0.29) is 12.0 Å². The summed E-state index contributed by atoms with van der Waals surface area (Å²) in [6.45, 7) is 5.73. The molecule has 28 heavy (non-hydrogen) atoms. The quantitative estimate of drug-likeness (QED) is 0.690. The molecular weight excluding hydrogens is 369 g/mol. The summed E-state index contributed by atoms with van der Waals surface area (Å²) in [6, 6.07) is 8.11. The first kappa shape index (κ1) is 20.5. The lowest BCUT2D eigenvalue weighted by molar-refractivity contribution is -0.203. The number of hydrogen-bond donors (Lipinski definition) is 1. The molecule has 7 heteroatoms. The average Bonchev–Trinajstić information content (AvgIpc) is 2.86. The van der Waals surface area contributed by atoms with Crippen LogP contribution in [0.1, 0.15) is 51.6 Å². The molecule has 1 heterocycles. The zero-order valence-corrected chi connectivity index (χ0v) is 16.3. The standard InChI is InChI=1S/C21H25F3N2O2/c1-4-5-12-28-16-11-7-9-14-8-6-10-15(18(14)16)19(21(22,23)24)26-20(2,3)13-17(27)25-26/h6-11,19H,4-5,12-13H2,1-3H3,(H,25,27). The Bertz CT molecular complexity index is 859. The highest BCUT2D eigenvalue weighted by Gasteiger charge is 2.53. The minimum atomic E-state index is -4.58. The molecule has 1 fully saturated rings. The fourth-order valence-corrected chi connectivity index (χ4v) is 3.69. The van der Waals surface area contributed by atoms with Crippen molar-refractivity contribution in [2.24, 2.45) is 0 Å². The van der Waals surface area contributed by atoms with Gasteiger partial charge >= 0.3 is 6.18 Å². The molecule has 3 rings (SSSR count). The van der Waals surface area contributed by atoms with Crippen LogP contribution < -0.4 is 10.2 Å². The van der Waals surface area contributed by atoms with Crippen molar-refractivity contribution in [2.45, 2.75) is 57.8 Å². The second-order valence-corrected chi connectivity index (χ2v) is 7.74. The minimum Gasteiger partial charge on any atom is -0.493 e. The fourth-order valence-electron chi connectivity index (χ4n) is 3.69. The number of halogens is 3. The first-order valence-electron chi connectivity index (χ1n) is 9.45. The third-order valence-corrected chi connectivity index (χ3v) is 5.01. The molecule has 0 radical (unpaired) electrons. The van der Waals surface area contributed by atoms with E-state index in [1.54, 1.807) is 44.2 Å². The third-order valence-electron chi connectivity index (χ3n) is 5.01. The highest BCUT2D eigenvalue weighted by molar-refractivity contribution is 5.92. The summed E-state index contributed by atoms with van der Waals surface area (Å²) in [6.07, 6.45) is -2.84. The lowest BCUT2D eigenvalue weighted by atomic mass is 9.93. The van der Waals surface area contributed by atoms with Crippen LogP contribution in [0.4, 0.5) is 13.2 Å². The van der Waals surface area contributed by atoms with Crippen LogP contribution in [0.15, 0.2) is 36.4 Å². The Morgan fingerprint density at radius 1 is 1.21 bits per heavy atom. The molecule has 1 unspecified atom stereocenters. The van der Waals surface area contributed by atoms with Crippen molar-refractivity contribution in [1.29, 1.82) is 0 Å². The molecule has 1 N–H and O–H groups in total. The Labute approximate surface area is 162 Å². The number of fused-ring (bicyclic) bond motifs is 1. The van der Waals surface area contributed by atoms with Gasteiger partial charge in [0.05, 0.1) is 6.61 Å². The number of amides is 1. The summed E-state index contributed by atoms with van der Waals surface area (Å²) < 4.78 is 48.6. The van der Waals surface area contributed by atoms with Crippen molar-refractivity contribution in [3.8, 4) is 5.75 Å². The molecule has 2 aromatic rings. The zero-order valence-electron chi connectivity index (χ0n) is 16.3. The summed E-state index contributed by atoms with van der Waals surface area (Å²) in [7, 11) is 0. The molecule has 1 aliphatic rings. The van der Waals surface area contributed by atoms with Crippen LogP contribution in [0.3, 0.4) is 0 Å². The minimum absolute atomic E-state index is 0.00417. The first-order chi connectivity index (χ1) is 13.1. The Morgan fingerprint density at radius 2 is 1.89 bits per heavy atom. The number of nitrogens with one attached hydrogen (secondary N) is 1. The van der Waals surface area contributed by atoms with Gasteiger partial charge in [0.1, 0.15) is 5.75 Å². The van der Waals surface area contributed by atoms with Crippen LogP contribution in [0.2, 0.25) is 0 Å². The number of nitrogens with zero attached hydrogens (tertiary/aromatic N) is 1. The molecule has 0 aromatic heterocycles. The predicted octanol–water partition coefficient (Wildman–Crippen LogP) is 5.14.